The van der Waals surface area contributed by atoms with Crippen molar-refractivity contribution in [1.82, 2.24) is 19.9 Å². The van der Waals surface area contributed by atoms with Gasteiger partial charge in [0.25, 0.3) is 0 Å². The lowest BCUT2D eigenvalue weighted by atomic mass is 10.3. The van der Waals surface area contributed by atoms with E-state index < -0.39 is 0 Å². The van der Waals surface area contributed by atoms with Gasteiger partial charge in [0.2, 0.25) is 0 Å². The molecule has 0 amide bonds. The van der Waals surface area contributed by atoms with E-state index in [1.54, 1.807) is 0 Å². The molecule has 4 nitrogen and oxygen atoms in total. The molecule has 0 aliphatic carbocycles. The predicted octanol–water partition coefficient (Wildman–Crippen LogP) is 1.82. The first kappa shape index (κ1) is 11.8. The highest BCUT2D eigenvalue weighted by atomic mass is 15.1. The van der Waals surface area contributed by atoms with Crippen LogP contribution in [0.4, 0.5) is 0 Å². The average Bonchev–Trinajstić information content (AvgIpc) is 2.75. The molecule has 1 N–H and O–H groups in total. The van der Waals surface area contributed by atoms with Crippen molar-refractivity contribution in [2.75, 3.05) is 0 Å². The molecule has 0 radical (unpaired) electrons. The van der Waals surface area contributed by atoms with E-state index >= 15 is 0 Å². The first-order valence-electron chi connectivity index (χ1n) is 5.88. The SMILES string of the molecule is CC(C)NCc1cncn1Cc1ccccn1. The van der Waals surface area contributed by atoms with E-state index in [1.165, 1.54) is 5.69 Å². The zero-order chi connectivity index (χ0) is 12.1. The Kier molecular flexibility index (Phi) is 3.88. The number of hydrogen-bond donors (Lipinski definition) is 1. The van der Waals surface area contributed by atoms with Gasteiger partial charge < -0.3 is 9.88 Å². The van der Waals surface area contributed by atoms with Crippen molar-refractivity contribution in [2.45, 2.75) is 33.0 Å². The van der Waals surface area contributed by atoms with Gasteiger partial charge in [-0.1, -0.05) is 19.9 Å². The Bertz CT molecular complexity index is 447. The molecule has 0 unspecified atom stereocenters. The summed E-state index contributed by atoms with van der Waals surface area (Å²) in [5.74, 6) is 0. The monoisotopic (exact) mass is 230 g/mol. The van der Waals surface area contributed by atoms with Gasteiger partial charge in [-0.15, -0.1) is 0 Å². The lowest BCUT2D eigenvalue weighted by molar-refractivity contribution is 0.563. The summed E-state index contributed by atoms with van der Waals surface area (Å²) in [6.45, 7) is 5.89. The standard InChI is InChI=1S/C13H18N4/c1-11(2)16-8-13-7-14-10-17(13)9-12-5-3-4-6-15-12/h3-7,10-11,16H,8-9H2,1-2H3. The first-order chi connectivity index (χ1) is 8.25. The van der Waals surface area contributed by atoms with Gasteiger partial charge >= 0.3 is 0 Å². The minimum atomic E-state index is 0.480. The lowest BCUT2D eigenvalue weighted by Gasteiger charge is -2.10. The smallest absolute Gasteiger partial charge is 0.0952 e. The van der Waals surface area contributed by atoms with Crippen LogP contribution in [0.5, 0.6) is 0 Å². The van der Waals surface area contributed by atoms with Gasteiger partial charge in [-0.25, -0.2) is 4.98 Å². The maximum atomic E-state index is 4.32. The van der Waals surface area contributed by atoms with Gasteiger partial charge in [0.05, 0.1) is 24.3 Å². The van der Waals surface area contributed by atoms with Crippen LogP contribution in [0.15, 0.2) is 36.9 Å². The summed E-state index contributed by atoms with van der Waals surface area (Å²) in [4.78, 5) is 8.51. The number of nitrogens with zero attached hydrogens (tertiary/aromatic N) is 3. The quantitative estimate of drug-likeness (QED) is 0.852. The van der Waals surface area contributed by atoms with Crippen molar-refractivity contribution in [1.29, 1.82) is 0 Å². The molecule has 0 fully saturated rings. The lowest BCUT2D eigenvalue weighted by Crippen LogP contribution is -2.23. The minimum absolute atomic E-state index is 0.480. The zero-order valence-electron chi connectivity index (χ0n) is 10.3. The molecule has 0 aliphatic heterocycles. The van der Waals surface area contributed by atoms with Crippen molar-refractivity contribution < 1.29 is 0 Å². The maximum Gasteiger partial charge on any atom is 0.0952 e. The molecule has 2 aromatic rings. The van der Waals surface area contributed by atoms with Gasteiger partial charge in [-0.05, 0) is 12.1 Å². The van der Waals surface area contributed by atoms with Crippen LogP contribution in [0, 0.1) is 0 Å². The van der Waals surface area contributed by atoms with Crippen LogP contribution in [-0.4, -0.2) is 20.6 Å². The summed E-state index contributed by atoms with van der Waals surface area (Å²) in [5, 5.41) is 3.39. The Hall–Kier alpha value is -1.68. The van der Waals surface area contributed by atoms with E-state index in [2.05, 4.69) is 33.7 Å². The van der Waals surface area contributed by atoms with Crippen LogP contribution in [0.3, 0.4) is 0 Å². The molecule has 0 saturated heterocycles. The van der Waals surface area contributed by atoms with Crippen LogP contribution in [0.2, 0.25) is 0 Å². The molecule has 2 rings (SSSR count). The fourth-order valence-corrected chi connectivity index (χ4v) is 1.61. The van der Waals surface area contributed by atoms with Crippen molar-refractivity contribution in [3.63, 3.8) is 0 Å². The zero-order valence-corrected chi connectivity index (χ0v) is 10.3. The van der Waals surface area contributed by atoms with Crippen molar-refractivity contribution >= 4 is 0 Å². The third-order valence-corrected chi connectivity index (χ3v) is 2.55. The molecule has 2 heterocycles. The van der Waals surface area contributed by atoms with Gasteiger partial charge in [-0.3, -0.25) is 4.98 Å². The van der Waals surface area contributed by atoms with Crippen LogP contribution in [0.25, 0.3) is 0 Å². The van der Waals surface area contributed by atoms with E-state index in [4.69, 9.17) is 0 Å². The molecule has 0 aliphatic rings. The van der Waals surface area contributed by atoms with Crippen LogP contribution in [-0.2, 0) is 13.1 Å². The first-order valence-corrected chi connectivity index (χ1v) is 5.88. The van der Waals surface area contributed by atoms with E-state index in [9.17, 15) is 0 Å². The number of hydrogen-bond acceptors (Lipinski definition) is 3. The van der Waals surface area contributed by atoms with E-state index in [1.807, 2.05) is 36.9 Å². The number of aromatic nitrogens is 3. The molecule has 17 heavy (non-hydrogen) atoms. The Morgan fingerprint density at radius 1 is 1.35 bits per heavy atom. The van der Waals surface area contributed by atoms with Crippen LogP contribution in [0.1, 0.15) is 25.2 Å². The molecule has 90 valence electrons. The Balaban J connectivity index is 2.04. The minimum Gasteiger partial charge on any atom is -0.327 e. The molecule has 2 aromatic heterocycles. The van der Waals surface area contributed by atoms with Crippen molar-refractivity contribution in [3.05, 3.63) is 48.3 Å². The molecule has 0 atom stereocenters. The highest BCUT2D eigenvalue weighted by Crippen LogP contribution is 2.04. The second-order valence-electron chi connectivity index (χ2n) is 4.37. The van der Waals surface area contributed by atoms with Gasteiger partial charge in [-0.2, -0.15) is 0 Å². The normalized spacial score (nSPS) is 11.0. The van der Waals surface area contributed by atoms with Crippen molar-refractivity contribution in [3.8, 4) is 0 Å². The summed E-state index contributed by atoms with van der Waals surface area (Å²) in [6.07, 6.45) is 5.57. The number of rotatable bonds is 5. The van der Waals surface area contributed by atoms with E-state index in [0.29, 0.717) is 6.04 Å². The van der Waals surface area contributed by atoms with E-state index in [-0.39, 0.29) is 0 Å². The highest BCUT2D eigenvalue weighted by Gasteiger charge is 2.03. The maximum absolute atomic E-state index is 4.32. The number of pyridine rings is 1. The fourth-order valence-electron chi connectivity index (χ4n) is 1.61. The van der Waals surface area contributed by atoms with Crippen LogP contribution < -0.4 is 5.32 Å². The highest BCUT2D eigenvalue weighted by molar-refractivity contribution is 5.07. The summed E-state index contributed by atoms with van der Waals surface area (Å²) in [7, 11) is 0. The topological polar surface area (TPSA) is 42.7 Å². The van der Waals surface area contributed by atoms with Crippen molar-refractivity contribution in [2.24, 2.45) is 0 Å². The molecule has 0 aromatic carbocycles. The largest absolute Gasteiger partial charge is 0.327 e. The second kappa shape index (κ2) is 5.59. The second-order valence-corrected chi connectivity index (χ2v) is 4.37. The van der Waals surface area contributed by atoms with Gasteiger partial charge in [0.15, 0.2) is 0 Å². The summed E-state index contributed by atoms with van der Waals surface area (Å²) >= 11 is 0. The van der Waals surface area contributed by atoms with Crippen LogP contribution >= 0.6 is 0 Å². The fraction of sp³-hybridized carbons (Fsp3) is 0.385. The molecular formula is C13H18N4. The third kappa shape index (κ3) is 3.39. The third-order valence-electron chi connectivity index (χ3n) is 2.55. The molecule has 0 saturated carbocycles. The average molecular weight is 230 g/mol. The van der Waals surface area contributed by atoms with E-state index in [0.717, 1.165) is 18.8 Å². The molecular weight excluding hydrogens is 212 g/mol. The molecule has 4 heteroatoms. The number of imidazole rings is 1. The van der Waals surface area contributed by atoms with Gasteiger partial charge in [0, 0.05) is 25.0 Å². The summed E-state index contributed by atoms with van der Waals surface area (Å²) in [6, 6.07) is 6.44. The number of nitrogens with one attached hydrogen (secondary N) is 1. The Morgan fingerprint density at radius 3 is 2.94 bits per heavy atom. The predicted molar refractivity (Wildman–Crippen MR) is 67.5 cm³/mol. The summed E-state index contributed by atoms with van der Waals surface area (Å²) in [5.41, 5.74) is 2.24. The molecule has 0 spiro atoms. The Morgan fingerprint density at radius 2 is 2.24 bits per heavy atom. The van der Waals surface area contributed by atoms with Gasteiger partial charge in [0.1, 0.15) is 0 Å². The molecule has 0 bridgehead atoms. The Labute approximate surface area is 102 Å². The summed E-state index contributed by atoms with van der Waals surface area (Å²) < 4.78 is 2.12.